The highest BCUT2D eigenvalue weighted by Crippen LogP contribution is 2.56. The lowest BCUT2D eigenvalue weighted by Crippen LogP contribution is -2.28. The van der Waals surface area contributed by atoms with Gasteiger partial charge in [-0.25, -0.2) is 0 Å². The van der Waals surface area contributed by atoms with Crippen LogP contribution in [0.4, 0.5) is 11.4 Å². The molecular weight excluding hydrogens is 579 g/mol. The smallest absolute Gasteiger partial charge is 0.0713 e. The van der Waals surface area contributed by atoms with Gasteiger partial charge in [0.05, 0.1) is 5.41 Å². The minimum absolute atomic E-state index is 0.383. The Balaban J connectivity index is 1.06. The summed E-state index contributed by atoms with van der Waals surface area (Å²) in [5.41, 5.74) is 14.5. The molecule has 0 saturated carbocycles. The van der Waals surface area contributed by atoms with E-state index in [4.69, 9.17) is 0 Å². The first-order valence-corrected chi connectivity index (χ1v) is 16.6. The molecule has 0 saturated heterocycles. The molecule has 0 heterocycles. The summed E-state index contributed by atoms with van der Waals surface area (Å²) in [5.74, 6) is 0. The average molecular weight is 612 g/mol. The third kappa shape index (κ3) is 4.47. The number of hydrogen-bond donors (Lipinski definition) is 1. The van der Waals surface area contributed by atoms with Crippen LogP contribution < -0.4 is 5.32 Å². The number of hydrogen-bond acceptors (Lipinski definition) is 1. The second-order valence-electron chi connectivity index (χ2n) is 12.6. The SMILES string of the molecule is c1ccc(-c2cccc3cccc(-c4ccc(Nc5ccc(C6(c7ccccc7)c7ccccc7-c7ccccc76)cc5)cc4)c23)cc1. The van der Waals surface area contributed by atoms with Crippen molar-refractivity contribution in [2.24, 2.45) is 0 Å². The van der Waals surface area contributed by atoms with E-state index in [-0.39, 0.29) is 5.41 Å². The quantitative estimate of drug-likeness (QED) is 0.197. The molecule has 0 aromatic heterocycles. The van der Waals surface area contributed by atoms with Crippen LogP contribution in [0.25, 0.3) is 44.2 Å². The molecule has 1 aliphatic carbocycles. The fourth-order valence-electron chi connectivity index (χ4n) is 7.86. The van der Waals surface area contributed by atoms with Crippen LogP contribution in [0.15, 0.2) is 194 Å². The van der Waals surface area contributed by atoms with Crippen LogP contribution in [-0.2, 0) is 5.41 Å². The van der Waals surface area contributed by atoms with E-state index in [1.807, 2.05) is 0 Å². The van der Waals surface area contributed by atoms with Crippen molar-refractivity contribution in [1.29, 1.82) is 0 Å². The molecule has 0 unspecified atom stereocenters. The summed E-state index contributed by atoms with van der Waals surface area (Å²) >= 11 is 0. The van der Waals surface area contributed by atoms with Gasteiger partial charge in [-0.1, -0.05) is 170 Å². The third-order valence-electron chi connectivity index (χ3n) is 9.95. The van der Waals surface area contributed by atoms with Gasteiger partial charge in [0.15, 0.2) is 0 Å². The van der Waals surface area contributed by atoms with Crippen LogP contribution in [0.2, 0.25) is 0 Å². The molecule has 8 aromatic carbocycles. The normalized spacial score (nSPS) is 12.8. The molecule has 9 rings (SSSR count). The number of rotatable bonds is 6. The topological polar surface area (TPSA) is 12.0 Å². The molecule has 0 spiro atoms. The van der Waals surface area contributed by atoms with Crippen molar-refractivity contribution in [2.75, 3.05) is 5.32 Å². The van der Waals surface area contributed by atoms with E-state index in [9.17, 15) is 0 Å². The number of nitrogens with one attached hydrogen (secondary N) is 1. The maximum atomic E-state index is 3.67. The van der Waals surface area contributed by atoms with E-state index in [0.717, 1.165) is 11.4 Å². The summed E-state index contributed by atoms with van der Waals surface area (Å²) < 4.78 is 0. The van der Waals surface area contributed by atoms with Crippen molar-refractivity contribution in [2.45, 2.75) is 5.41 Å². The summed E-state index contributed by atoms with van der Waals surface area (Å²) in [6.45, 7) is 0. The zero-order valence-electron chi connectivity index (χ0n) is 26.5. The maximum Gasteiger partial charge on any atom is 0.0713 e. The Morgan fingerprint density at radius 2 is 0.750 bits per heavy atom. The van der Waals surface area contributed by atoms with Gasteiger partial charge in [-0.3, -0.25) is 0 Å². The van der Waals surface area contributed by atoms with Crippen LogP contribution in [0.1, 0.15) is 22.3 Å². The van der Waals surface area contributed by atoms with Gasteiger partial charge in [0.25, 0.3) is 0 Å². The molecule has 0 amide bonds. The zero-order valence-corrected chi connectivity index (χ0v) is 26.5. The molecule has 0 radical (unpaired) electrons. The van der Waals surface area contributed by atoms with E-state index < -0.39 is 0 Å². The Hall–Kier alpha value is -6.18. The lowest BCUT2D eigenvalue weighted by molar-refractivity contribution is 0.768. The van der Waals surface area contributed by atoms with Gasteiger partial charge in [0.1, 0.15) is 0 Å². The first-order chi connectivity index (χ1) is 23.8. The third-order valence-corrected chi connectivity index (χ3v) is 9.95. The number of anilines is 2. The van der Waals surface area contributed by atoms with E-state index in [2.05, 4.69) is 199 Å². The summed E-state index contributed by atoms with van der Waals surface area (Å²) in [4.78, 5) is 0. The van der Waals surface area contributed by atoms with Crippen LogP contribution in [-0.4, -0.2) is 0 Å². The fraction of sp³-hybridized carbons (Fsp3) is 0.0213. The zero-order chi connectivity index (χ0) is 31.9. The van der Waals surface area contributed by atoms with Gasteiger partial charge in [0, 0.05) is 11.4 Å². The van der Waals surface area contributed by atoms with Crippen molar-refractivity contribution in [1.82, 2.24) is 0 Å². The fourth-order valence-corrected chi connectivity index (χ4v) is 7.86. The van der Waals surface area contributed by atoms with Crippen LogP contribution in [0.3, 0.4) is 0 Å². The maximum absolute atomic E-state index is 3.67. The van der Waals surface area contributed by atoms with Gasteiger partial charge in [-0.05, 0) is 90.7 Å². The first kappa shape index (κ1) is 28.1. The van der Waals surface area contributed by atoms with Crippen LogP contribution in [0.5, 0.6) is 0 Å². The second kappa shape index (κ2) is 11.6. The van der Waals surface area contributed by atoms with Crippen molar-refractivity contribution >= 4 is 22.1 Å². The average Bonchev–Trinajstić information content (AvgIpc) is 3.47. The molecule has 8 aromatic rings. The van der Waals surface area contributed by atoms with E-state index in [1.165, 1.54) is 66.4 Å². The van der Waals surface area contributed by atoms with Crippen molar-refractivity contribution in [3.05, 3.63) is 216 Å². The number of fused-ring (bicyclic) bond motifs is 4. The van der Waals surface area contributed by atoms with Gasteiger partial charge in [-0.2, -0.15) is 0 Å². The Morgan fingerprint density at radius 1 is 0.312 bits per heavy atom. The van der Waals surface area contributed by atoms with Crippen molar-refractivity contribution in [3.63, 3.8) is 0 Å². The summed E-state index contributed by atoms with van der Waals surface area (Å²) in [5, 5.41) is 6.19. The van der Waals surface area contributed by atoms with Crippen LogP contribution >= 0.6 is 0 Å². The minimum Gasteiger partial charge on any atom is -0.356 e. The molecule has 1 aliphatic rings. The number of benzene rings is 8. The molecular formula is C47H33N. The molecule has 48 heavy (non-hydrogen) atoms. The predicted octanol–water partition coefficient (Wildman–Crippen LogP) is 12.3. The van der Waals surface area contributed by atoms with Gasteiger partial charge in [-0.15, -0.1) is 0 Å². The van der Waals surface area contributed by atoms with Gasteiger partial charge in [0.2, 0.25) is 0 Å². The van der Waals surface area contributed by atoms with Crippen molar-refractivity contribution < 1.29 is 0 Å². The molecule has 0 aliphatic heterocycles. The van der Waals surface area contributed by atoms with E-state index in [0.29, 0.717) is 0 Å². The van der Waals surface area contributed by atoms with Gasteiger partial charge >= 0.3 is 0 Å². The highest BCUT2D eigenvalue weighted by Gasteiger charge is 2.45. The predicted molar refractivity (Wildman–Crippen MR) is 202 cm³/mol. The molecule has 0 fully saturated rings. The van der Waals surface area contributed by atoms with Crippen LogP contribution in [0, 0.1) is 0 Å². The molecule has 0 atom stereocenters. The van der Waals surface area contributed by atoms with E-state index in [1.54, 1.807) is 0 Å². The van der Waals surface area contributed by atoms with Crippen molar-refractivity contribution in [3.8, 4) is 33.4 Å². The lowest BCUT2D eigenvalue weighted by atomic mass is 9.68. The van der Waals surface area contributed by atoms with E-state index >= 15 is 0 Å². The summed E-state index contributed by atoms with van der Waals surface area (Å²) in [6, 6.07) is 70.4. The highest BCUT2D eigenvalue weighted by molar-refractivity contribution is 6.06. The Morgan fingerprint density at radius 3 is 1.33 bits per heavy atom. The molecule has 0 bridgehead atoms. The molecule has 1 N–H and O–H groups in total. The highest BCUT2D eigenvalue weighted by atomic mass is 14.9. The monoisotopic (exact) mass is 611 g/mol. The Kier molecular flexibility index (Phi) is 6.76. The van der Waals surface area contributed by atoms with Gasteiger partial charge < -0.3 is 5.32 Å². The second-order valence-corrected chi connectivity index (χ2v) is 12.6. The molecule has 1 heteroatoms. The first-order valence-electron chi connectivity index (χ1n) is 16.6. The Labute approximate surface area is 281 Å². The lowest BCUT2D eigenvalue weighted by Gasteiger charge is -2.34. The molecule has 1 nitrogen and oxygen atoms in total. The summed E-state index contributed by atoms with van der Waals surface area (Å²) in [7, 11) is 0. The minimum atomic E-state index is -0.383. The molecule has 226 valence electrons. The Bertz CT molecular complexity index is 2340. The largest absolute Gasteiger partial charge is 0.356 e. The summed E-state index contributed by atoms with van der Waals surface area (Å²) in [6.07, 6.45) is 0. The standard InChI is InChI=1S/C47H33N/c1-3-13-33(14-4-1)40-21-11-15-35-16-12-22-41(46(35)40)34-25-29-38(30-26-34)48-39-31-27-37(28-32-39)47(36-17-5-2-6-18-36)44-23-9-7-19-42(44)43-20-8-10-24-45(43)47/h1-32,48H.